The third-order valence-electron chi connectivity index (χ3n) is 4.11. The largest absolute Gasteiger partial charge is 0.508 e. The lowest BCUT2D eigenvalue weighted by Gasteiger charge is -2.19. The summed E-state index contributed by atoms with van der Waals surface area (Å²) in [7, 11) is 3.40. The van der Waals surface area contributed by atoms with Crippen LogP contribution in [0.5, 0.6) is 11.5 Å². The molecule has 0 spiro atoms. The molecule has 1 N–H and O–H groups in total. The van der Waals surface area contributed by atoms with Crippen molar-refractivity contribution in [2.75, 3.05) is 14.2 Å². The fourth-order valence-corrected chi connectivity index (χ4v) is 2.94. The Morgan fingerprint density at radius 2 is 1.83 bits per heavy atom. The molecule has 0 saturated carbocycles. The van der Waals surface area contributed by atoms with Crippen LogP contribution in [0.15, 0.2) is 54.6 Å². The third-order valence-corrected chi connectivity index (χ3v) is 4.11. The summed E-state index contributed by atoms with van der Waals surface area (Å²) in [6.07, 6.45) is 0. The molecule has 0 aliphatic heterocycles. The van der Waals surface area contributed by atoms with Gasteiger partial charge in [0.2, 0.25) is 0 Å². The standard InChI is InChI=1S/C20H20FNO2/c1-22(12-14-7-10-20(24-2)18(21)11-14)13-17-16-6-4-3-5-15(16)8-9-19(17)23/h3-11,23H,12-13H2,1-2H3. The zero-order chi connectivity index (χ0) is 17.1. The Kier molecular flexibility index (Phi) is 4.67. The number of phenolic OH excluding ortho intramolecular Hbond substituents is 1. The van der Waals surface area contributed by atoms with E-state index >= 15 is 0 Å². The van der Waals surface area contributed by atoms with Crippen LogP contribution in [0.25, 0.3) is 10.8 Å². The fraction of sp³-hybridized carbons (Fsp3) is 0.200. The van der Waals surface area contributed by atoms with E-state index in [0.29, 0.717) is 13.1 Å². The highest BCUT2D eigenvalue weighted by molar-refractivity contribution is 5.87. The van der Waals surface area contributed by atoms with Gasteiger partial charge < -0.3 is 9.84 Å². The molecule has 0 aliphatic rings. The number of halogens is 1. The normalized spacial score (nSPS) is 11.2. The van der Waals surface area contributed by atoms with Crippen LogP contribution in [0, 0.1) is 5.82 Å². The van der Waals surface area contributed by atoms with Crippen LogP contribution in [0.1, 0.15) is 11.1 Å². The molecule has 0 fully saturated rings. The van der Waals surface area contributed by atoms with E-state index in [1.54, 1.807) is 12.1 Å². The van der Waals surface area contributed by atoms with Crippen molar-refractivity contribution in [2.24, 2.45) is 0 Å². The van der Waals surface area contributed by atoms with Crippen molar-refractivity contribution in [3.63, 3.8) is 0 Å². The number of aromatic hydroxyl groups is 1. The first kappa shape index (κ1) is 16.3. The molecule has 0 amide bonds. The Labute approximate surface area is 140 Å². The molecule has 0 saturated heterocycles. The summed E-state index contributed by atoms with van der Waals surface area (Å²) in [5.74, 6) is 0.158. The van der Waals surface area contributed by atoms with Gasteiger partial charge >= 0.3 is 0 Å². The van der Waals surface area contributed by atoms with Crippen LogP contribution < -0.4 is 4.74 Å². The highest BCUT2D eigenvalue weighted by Crippen LogP contribution is 2.28. The average molecular weight is 325 g/mol. The zero-order valence-corrected chi connectivity index (χ0v) is 13.8. The van der Waals surface area contributed by atoms with Crippen LogP contribution in [0.2, 0.25) is 0 Å². The quantitative estimate of drug-likeness (QED) is 0.758. The van der Waals surface area contributed by atoms with Crippen molar-refractivity contribution in [1.82, 2.24) is 4.90 Å². The SMILES string of the molecule is COc1ccc(CN(C)Cc2c(O)ccc3ccccc23)cc1F. The third kappa shape index (κ3) is 3.34. The lowest BCUT2D eigenvalue weighted by atomic mass is 10.0. The maximum atomic E-state index is 13.8. The Hall–Kier alpha value is -2.59. The molecular weight excluding hydrogens is 305 g/mol. The second-order valence-corrected chi connectivity index (χ2v) is 5.93. The van der Waals surface area contributed by atoms with Crippen molar-refractivity contribution in [3.8, 4) is 11.5 Å². The van der Waals surface area contributed by atoms with Gasteiger partial charge in [0.05, 0.1) is 7.11 Å². The van der Waals surface area contributed by atoms with Gasteiger partial charge in [-0.3, -0.25) is 4.90 Å². The van der Waals surface area contributed by atoms with E-state index in [1.807, 2.05) is 48.3 Å². The minimum Gasteiger partial charge on any atom is -0.508 e. The van der Waals surface area contributed by atoms with E-state index in [4.69, 9.17) is 4.74 Å². The van der Waals surface area contributed by atoms with Crippen molar-refractivity contribution in [2.45, 2.75) is 13.1 Å². The number of hydrogen-bond acceptors (Lipinski definition) is 3. The summed E-state index contributed by atoms with van der Waals surface area (Å²) < 4.78 is 18.8. The molecule has 24 heavy (non-hydrogen) atoms. The number of benzene rings is 3. The van der Waals surface area contributed by atoms with E-state index in [-0.39, 0.29) is 17.3 Å². The molecular formula is C20H20FNO2. The molecule has 0 radical (unpaired) electrons. The number of fused-ring (bicyclic) bond motifs is 1. The summed E-state index contributed by atoms with van der Waals surface area (Å²) in [5.41, 5.74) is 1.74. The molecule has 0 heterocycles. The Morgan fingerprint density at radius 1 is 1.04 bits per heavy atom. The molecule has 3 aromatic carbocycles. The maximum absolute atomic E-state index is 13.8. The fourth-order valence-electron chi connectivity index (χ4n) is 2.94. The average Bonchev–Trinajstić information content (AvgIpc) is 2.58. The van der Waals surface area contributed by atoms with E-state index in [1.165, 1.54) is 13.2 Å². The van der Waals surface area contributed by atoms with Gasteiger partial charge in [-0.1, -0.05) is 36.4 Å². The molecule has 0 aromatic heterocycles. The highest BCUT2D eigenvalue weighted by Gasteiger charge is 2.11. The highest BCUT2D eigenvalue weighted by atomic mass is 19.1. The lowest BCUT2D eigenvalue weighted by molar-refractivity contribution is 0.313. The van der Waals surface area contributed by atoms with Crippen molar-refractivity contribution in [3.05, 3.63) is 71.5 Å². The van der Waals surface area contributed by atoms with Gasteiger partial charge in [-0.05, 0) is 41.6 Å². The monoisotopic (exact) mass is 325 g/mol. The van der Waals surface area contributed by atoms with Gasteiger partial charge in [-0.15, -0.1) is 0 Å². The molecule has 124 valence electrons. The zero-order valence-electron chi connectivity index (χ0n) is 13.8. The van der Waals surface area contributed by atoms with Crippen molar-refractivity contribution >= 4 is 10.8 Å². The molecule has 0 unspecified atom stereocenters. The minimum atomic E-state index is -0.364. The Morgan fingerprint density at radius 3 is 2.58 bits per heavy atom. The number of rotatable bonds is 5. The molecule has 0 aliphatic carbocycles. The number of hydrogen-bond donors (Lipinski definition) is 1. The number of phenols is 1. The van der Waals surface area contributed by atoms with Gasteiger partial charge in [0.25, 0.3) is 0 Å². The molecule has 0 bridgehead atoms. The topological polar surface area (TPSA) is 32.7 Å². The summed E-state index contributed by atoms with van der Waals surface area (Å²) in [6, 6.07) is 16.6. The maximum Gasteiger partial charge on any atom is 0.165 e. The molecule has 3 rings (SSSR count). The van der Waals surface area contributed by atoms with E-state index in [9.17, 15) is 9.50 Å². The number of nitrogens with zero attached hydrogens (tertiary/aromatic N) is 1. The van der Waals surface area contributed by atoms with Crippen molar-refractivity contribution < 1.29 is 14.2 Å². The lowest BCUT2D eigenvalue weighted by Crippen LogP contribution is -2.17. The van der Waals surface area contributed by atoms with Gasteiger partial charge in [0.1, 0.15) is 5.75 Å². The molecule has 0 atom stereocenters. The van der Waals surface area contributed by atoms with Gasteiger partial charge in [-0.25, -0.2) is 4.39 Å². The summed E-state index contributed by atoms with van der Waals surface area (Å²) >= 11 is 0. The number of methoxy groups -OCH3 is 1. The van der Waals surface area contributed by atoms with Crippen molar-refractivity contribution in [1.29, 1.82) is 0 Å². The number of ether oxygens (including phenoxy) is 1. The van der Waals surface area contributed by atoms with E-state index in [0.717, 1.165) is 21.9 Å². The molecule has 4 heteroatoms. The van der Waals surface area contributed by atoms with Crippen LogP contribution in [0.3, 0.4) is 0 Å². The second-order valence-electron chi connectivity index (χ2n) is 5.93. The van der Waals surface area contributed by atoms with E-state index < -0.39 is 0 Å². The first-order valence-electron chi connectivity index (χ1n) is 7.79. The van der Waals surface area contributed by atoms with Gasteiger partial charge in [0.15, 0.2) is 11.6 Å². The Bertz CT molecular complexity index is 863. The predicted molar refractivity (Wildman–Crippen MR) is 93.7 cm³/mol. The first-order valence-corrected chi connectivity index (χ1v) is 7.79. The summed E-state index contributed by atoms with van der Waals surface area (Å²) in [4.78, 5) is 2.04. The van der Waals surface area contributed by atoms with Gasteiger partial charge in [0, 0.05) is 18.7 Å². The second kappa shape index (κ2) is 6.89. The summed E-state index contributed by atoms with van der Waals surface area (Å²) in [5, 5.41) is 12.4. The molecule has 3 aromatic rings. The van der Waals surface area contributed by atoms with Crippen LogP contribution in [-0.4, -0.2) is 24.2 Å². The first-order chi connectivity index (χ1) is 11.6. The minimum absolute atomic E-state index is 0.244. The smallest absolute Gasteiger partial charge is 0.165 e. The van der Waals surface area contributed by atoms with E-state index in [2.05, 4.69) is 0 Å². The summed E-state index contributed by atoms with van der Waals surface area (Å²) in [6.45, 7) is 1.14. The van der Waals surface area contributed by atoms with Crippen LogP contribution in [-0.2, 0) is 13.1 Å². The molecule has 3 nitrogen and oxygen atoms in total. The van der Waals surface area contributed by atoms with Gasteiger partial charge in [-0.2, -0.15) is 0 Å². The predicted octanol–water partition coefficient (Wildman–Crippen LogP) is 4.33. The van der Waals surface area contributed by atoms with Crippen LogP contribution >= 0.6 is 0 Å². The Balaban J connectivity index is 1.81. The van der Waals surface area contributed by atoms with Crippen LogP contribution in [0.4, 0.5) is 4.39 Å².